The van der Waals surface area contributed by atoms with E-state index in [2.05, 4.69) is 5.32 Å². The molecule has 0 heterocycles. The number of nitro benzene ring substituents is 1. The van der Waals surface area contributed by atoms with E-state index in [9.17, 15) is 28.1 Å². The number of sulfonamides is 1. The quantitative estimate of drug-likeness (QED) is 0.400. The molecule has 0 saturated heterocycles. The van der Waals surface area contributed by atoms with Crippen LogP contribution in [0.25, 0.3) is 0 Å². The van der Waals surface area contributed by atoms with Crippen LogP contribution < -0.4 is 5.32 Å². The lowest BCUT2D eigenvalue weighted by molar-refractivity contribution is -0.385. The molecule has 2 aromatic rings. The Bertz CT molecular complexity index is 1100. The van der Waals surface area contributed by atoms with E-state index in [4.69, 9.17) is 4.74 Å². The minimum absolute atomic E-state index is 0.0158. The molecule has 0 fully saturated rings. The Kier molecular flexibility index (Phi) is 6.90. The lowest BCUT2D eigenvalue weighted by Gasteiger charge is -2.17. The molecule has 30 heavy (non-hydrogen) atoms. The first-order chi connectivity index (χ1) is 13.9. The van der Waals surface area contributed by atoms with Crippen LogP contribution in [-0.4, -0.2) is 49.7 Å². The van der Waals surface area contributed by atoms with Crippen molar-refractivity contribution in [3.05, 3.63) is 63.7 Å². The predicted molar refractivity (Wildman–Crippen MR) is 109 cm³/mol. The van der Waals surface area contributed by atoms with Crippen LogP contribution in [0.4, 0.5) is 11.4 Å². The molecule has 1 N–H and O–H groups in total. The average molecular weight is 435 g/mol. The van der Waals surface area contributed by atoms with Gasteiger partial charge in [-0.05, 0) is 37.6 Å². The van der Waals surface area contributed by atoms with E-state index in [0.717, 1.165) is 10.4 Å². The summed E-state index contributed by atoms with van der Waals surface area (Å²) in [5.74, 6) is -1.74. The number of hydrogen-bond acceptors (Lipinski definition) is 7. The Labute approximate surface area is 173 Å². The van der Waals surface area contributed by atoms with Crippen molar-refractivity contribution in [2.24, 2.45) is 0 Å². The lowest BCUT2D eigenvalue weighted by atomic mass is 10.2. The molecule has 1 atom stereocenters. The van der Waals surface area contributed by atoms with Crippen molar-refractivity contribution >= 4 is 33.3 Å². The molecule has 0 saturated carbocycles. The fraction of sp³-hybridized carbons (Fsp3) is 0.263. The third kappa shape index (κ3) is 4.99. The molecule has 1 amide bonds. The van der Waals surface area contributed by atoms with Gasteiger partial charge in [0.25, 0.3) is 11.6 Å². The molecule has 0 radical (unpaired) electrons. The molecule has 2 rings (SSSR count). The molecule has 160 valence electrons. The van der Waals surface area contributed by atoms with Gasteiger partial charge >= 0.3 is 5.97 Å². The molecule has 0 aliphatic heterocycles. The van der Waals surface area contributed by atoms with Gasteiger partial charge in [-0.3, -0.25) is 14.9 Å². The van der Waals surface area contributed by atoms with Crippen molar-refractivity contribution in [3.8, 4) is 0 Å². The summed E-state index contributed by atoms with van der Waals surface area (Å²) in [5, 5.41) is 13.6. The molecule has 0 bridgehead atoms. The average Bonchev–Trinajstić information content (AvgIpc) is 2.69. The number of nitrogens with one attached hydrogen (secondary N) is 1. The second kappa shape index (κ2) is 9.01. The molecular weight excluding hydrogens is 414 g/mol. The number of anilines is 1. The highest BCUT2D eigenvalue weighted by Crippen LogP contribution is 2.23. The first-order valence-electron chi connectivity index (χ1n) is 8.73. The van der Waals surface area contributed by atoms with Gasteiger partial charge < -0.3 is 10.1 Å². The maximum Gasteiger partial charge on any atom is 0.345 e. The summed E-state index contributed by atoms with van der Waals surface area (Å²) in [7, 11) is -0.934. The smallest absolute Gasteiger partial charge is 0.345 e. The second-order valence-corrected chi connectivity index (χ2v) is 8.73. The highest BCUT2D eigenvalue weighted by atomic mass is 32.2. The van der Waals surface area contributed by atoms with Crippen molar-refractivity contribution in [1.29, 1.82) is 0 Å². The lowest BCUT2D eigenvalue weighted by Crippen LogP contribution is -2.30. The number of carbonyl (C=O) groups excluding carboxylic acids is 2. The summed E-state index contributed by atoms with van der Waals surface area (Å²) in [5.41, 5.74) is 0.111. The molecule has 1 unspecified atom stereocenters. The fourth-order valence-corrected chi connectivity index (χ4v) is 3.35. The Morgan fingerprint density at radius 3 is 2.40 bits per heavy atom. The van der Waals surface area contributed by atoms with Crippen LogP contribution in [0, 0.1) is 17.0 Å². The Morgan fingerprint density at radius 2 is 1.80 bits per heavy atom. The zero-order valence-corrected chi connectivity index (χ0v) is 17.6. The number of hydrogen-bond donors (Lipinski definition) is 1. The molecular formula is C19H21N3O7S. The summed E-state index contributed by atoms with van der Waals surface area (Å²) < 4.78 is 30.7. The highest BCUT2D eigenvalue weighted by Gasteiger charge is 2.25. The van der Waals surface area contributed by atoms with Crippen LogP contribution in [0.15, 0.2) is 47.4 Å². The number of esters is 1. The minimum atomic E-state index is -3.71. The summed E-state index contributed by atoms with van der Waals surface area (Å²) in [6.45, 7) is 2.98. The third-order valence-electron chi connectivity index (χ3n) is 4.22. The molecule has 0 aliphatic carbocycles. The van der Waals surface area contributed by atoms with Crippen LogP contribution >= 0.6 is 0 Å². The molecule has 0 aliphatic rings. The maximum atomic E-state index is 12.5. The van der Waals surface area contributed by atoms with E-state index in [1.165, 1.54) is 57.4 Å². The van der Waals surface area contributed by atoms with Crippen LogP contribution in [0.5, 0.6) is 0 Å². The second-order valence-electron chi connectivity index (χ2n) is 6.58. The SMILES string of the molecule is Cc1ccc(S(=O)(=O)N(C)C)cc1NC(=O)C(C)OC(=O)c1ccccc1[N+](=O)[O-]. The van der Waals surface area contributed by atoms with Gasteiger partial charge in [0.2, 0.25) is 10.0 Å². The van der Waals surface area contributed by atoms with Crippen LogP contribution in [0.3, 0.4) is 0 Å². The highest BCUT2D eigenvalue weighted by molar-refractivity contribution is 7.89. The summed E-state index contributed by atoms with van der Waals surface area (Å²) in [4.78, 5) is 35.1. The molecule has 11 heteroatoms. The van der Waals surface area contributed by atoms with E-state index in [1.54, 1.807) is 6.92 Å². The third-order valence-corrected chi connectivity index (χ3v) is 6.03. The standard InChI is InChI=1S/C19H21N3O7S/c1-12-9-10-14(30(27,28)21(3)4)11-16(12)20-18(23)13(2)29-19(24)15-7-5-6-8-17(15)22(25)26/h5-11,13H,1-4H3,(H,20,23). The Balaban J connectivity index is 2.19. The topological polar surface area (TPSA) is 136 Å². The van der Waals surface area contributed by atoms with Crippen molar-refractivity contribution in [2.45, 2.75) is 24.8 Å². The Morgan fingerprint density at radius 1 is 1.17 bits per heavy atom. The van der Waals surface area contributed by atoms with Crippen LogP contribution in [0.2, 0.25) is 0 Å². The summed E-state index contributed by atoms with van der Waals surface area (Å²) in [6.07, 6.45) is -1.29. The van der Waals surface area contributed by atoms with Gasteiger partial charge in [-0.15, -0.1) is 0 Å². The van der Waals surface area contributed by atoms with Crippen LogP contribution in [0.1, 0.15) is 22.8 Å². The van der Waals surface area contributed by atoms with E-state index in [0.29, 0.717) is 5.56 Å². The molecule has 2 aromatic carbocycles. The van der Waals surface area contributed by atoms with Gasteiger partial charge in [0.05, 0.1) is 9.82 Å². The zero-order chi connectivity index (χ0) is 22.6. The first kappa shape index (κ1) is 23.0. The van der Waals surface area contributed by atoms with Crippen molar-refractivity contribution in [3.63, 3.8) is 0 Å². The number of nitro groups is 1. The van der Waals surface area contributed by atoms with Crippen molar-refractivity contribution < 1.29 is 27.7 Å². The van der Waals surface area contributed by atoms with E-state index in [1.807, 2.05) is 0 Å². The van der Waals surface area contributed by atoms with Gasteiger partial charge in [-0.1, -0.05) is 18.2 Å². The number of amides is 1. The zero-order valence-electron chi connectivity index (χ0n) is 16.8. The van der Waals surface area contributed by atoms with E-state index >= 15 is 0 Å². The van der Waals surface area contributed by atoms with Gasteiger partial charge in [-0.2, -0.15) is 0 Å². The van der Waals surface area contributed by atoms with Gasteiger partial charge in [-0.25, -0.2) is 17.5 Å². The van der Waals surface area contributed by atoms with Gasteiger partial charge in [0.1, 0.15) is 5.56 Å². The fourth-order valence-electron chi connectivity index (χ4n) is 2.42. The van der Waals surface area contributed by atoms with Gasteiger partial charge in [0, 0.05) is 25.8 Å². The normalized spacial score (nSPS) is 12.3. The summed E-state index contributed by atoms with van der Waals surface area (Å²) >= 11 is 0. The monoisotopic (exact) mass is 435 g/mol. The van der Waals surface area contributed by atoms with Crippen LogP contribution in [-0.2, 0) is 19.6 Å². The minimum Gasteiger partial charge on any atom is -0.449 e. The number of nitrogens with zero attached hydrogens (tertiary/aromatic N) is 2. The number of rotatable bonds is 7. The maximum absolute atomic E-state index is 12.5. The molecule has 10 nitrogen and oxygen atoms in total. The predicted octanol–water partition coefficient (Wildman–Crippen LogP) is 2.34. The Hall–Kier alpha value is -3.31. The van der Waals surface area contributed by atoms with Crippen molar-refractivity contribution in [2.75, 3.05) is 19.4 Å². The number of ether oxygens (including phenoxy) is 1. The van der Waals surface area contributed by atoms with Gasteiger partial charge in [0.15, 0.2) is 6.10 Å². The van der Waals surface area contributed by atoms with E-state index < -0.39 is 38.6 Å². The molecule has 0 aromatic heterocycles. The largest absolute Gasteiger partial charge is 0.449 e. The van der Waals surface area contributed by atoms with E-state index in [-0.39, 0.29) is 16.1 Å². The molecule has 0 spiro atoms. The number of carbonyl (C=O) groups is 2. The number of benzene rings is 2. The summed E-state index contributed by atoms with van der Waals surface area (Å²) in [6, 6.07) is 9.48. The number of aryl methyl sites for hydroxylation is 1. The first-order valence-corrected chi connectivity index (χ1v) is 10.2. The number of para-hydroxylation sites is 1. The van der Waals surface area contributed by atoms with Crippen molar-refractivity contribution in [1.82, 2.24) is 4.31 Å².